The lowest BCUT2D eigenvalue weighted by atomic mass is 9.80. The van der Waals surface area contributed by atoms with Crippen molar-refractivity contribution in [2.45, 2.75) is 38.5 Å². The zero-order valence-corrected chi connectivity index (χ0v) is 21.8. The lowest BCUT2D eigenvalue weighted by Gasteiger charge is -2.42. The Hall–Kier alpha value is -2.14. The van der Waals surface area contributed by atoms with Crippen molar-refractivity contribution in [3.05, 3.63) is 69.3 Å². The Labute approximate surface area is 215 Å². The zero-order chi connectivity index (χ0) is 25.4. The lowest BCUT2D eigenvalue weighted by Crippen LogP contribution is -2.54. The summed E-state index contributed by atoms with van der Waals surface area (Å²) in [4.78, 5) is 11.4. The van der Waals surface area contributed by atoms with Gasteiger partial charge >= 0.3 is 10.2 Å². The first-order valence-electron chi connectivity index (χ1n) is 11.2. The summed E-state index contributed by atoms with van der Waals surface area (Å²) < 4.78 is 30.5. The van der Waals surface area contributed by atoms with Gasteiger partial charge in [-0.25, -0.2) is 4.72 Å². The third-order valence-electron chi connectivity index (χ3n) is 6.67. The van der Waals surface area contributed by atoms with Crippen LogP contribution in [0.4, 0.5) is 0 Å². The van der Waals surface area contributed by atoms with Crippen molar-refractivity contribution in [2.75, 3.05) is 13.1 Å². The average Bonchev–Trinajstić information content (AvgIpc) is 3.15. The maximum atomic E-state index is 12.5. The van der Waals surface area contributed by atoms with E-state index in [0.29, 0.717) is 29.4 Å². The Kier molecular flexibility index (Phi) is 7.47. The Morgan fingerprint density at radius 1 is 1.14 bits per heavy atom. The van der Waals surface area contributed by atoms with Crippen LogP contribution in [0, 0.1) is 0 Å². The second-order valence-corrected chi connectivity index (χ2v) is 11.3. The molecular formula is C24H28Cl2N4O4S. The minimum Gasteiger partial charge on any atom is -0.392 e. The molecule has 1 aliphatic rings. The fourth-order valence-corrected chi connectivity index (χ4v) is 6.26. The number of hydrogen-bond donors (Lipinski definition) is 3. The highest BCUT2D eigenvalue weighted by atomic mass is 35.5. The van der Waals surface area contributed by atoms with Gasteiger partial charge in [-0.3, -0.25) is 4.79 Å². The van der Waals surface area contributed by atoms with Crippen molar-refractivity contribution >= 4 is 50.2 Å². The van der Waals surface area contributed by atoms with Crippen molar-refractivity contribution in [3.63, 3.8) is 0 Å². The van der Waals surface area contributed by atoms with Crippen LogP contribution in [0.5, 0.6) is 0 Å². The molecule has 0 atom stereocenters. The fourth-order valence-electron chi connectivity index (χ4n) is 4.72. The predicted octanol–water partition coefficient (Wildman–Crippen LogP) is 3.44. The Morgan fingerprint density at radius 3 is 2.51 bits per heavy atom. The van der Waals surface area contributed by atoms with Crippen LogP contribution in [0.2, 0.25) is 10.0 Å². The zero-order valence-electron chi connectivity index (χ0n) is 19.5. The first-order chi connectivity index (χ1) is 16.6. The first kappa shape index (κ1) is 25.9. The molecule has 1 fully saturated rings. The highest BCUT2D eigenvalue weighted by molar-refractivity contribution is 7.87. The van der Waals surface area contributed by atoms with Gasteiger partial charge in [0.05, 0.1) is 16.7 Å². The van der Waals surface area contributed by atoms with E-state index >= 15 is 0 Å². The number of halogens is 2. The third-order valence-corrected chi connectivity index (χ3v) is 9.08. The van der Waals surface area contributed by atoms with Crippen LogP contribution >= 0.6 is 23.2 Å². The van der Waals surface area contributed by atoms with Gasteiger partial charge in [-0.2, -0.15) is 12.7 Å². The molecule has 3 aromatic rings. The van der Waals surface area contributed by atoms with E-state index in [4.69, 9.17) is 23.2 Å². The van der Waals surface area contributed by atoms with E-state index in [9.17, 15) is 18.3 Å². The van der Waals surface area contributed by atoms with E-state index in [1.54, 1.807) is 6.07 Å². The molecule has 2 aromatic carbocycles. The molecule has 1 amide bonds. The van der Waals surface area contributed by atoms with Crippen molar-refractivity contribution in [3.8, 4) is 0 Å². The smallest absolute Gasteiger partial charge is 0.303 e. The molecule has 0 bridgehead atoms. The number of carbonyl (C=O) groups is 1. The summed E-state index contributed by atoms with van der Waals surface area (Å²) in [7, 11) is -1.93. The van der Waals surface area contributed by atoms with Gasteiger partial charge in [-0.05, 0) is 42.2 Å². The second-order valence-electron chi connectivity index (χ2n) is 8.85. The van der Waals surface area contributed by atoms with E-state index in [2.05, 4.69) is 9.88 Å². The third kappa shape index (κ3) is 5.21. The molecule has 0 saturated carbocycles. The Balaban J connectivity index is 1.64. The predicted molar refractivity (Wildman–Crippen MR) is 137 cm³/mol. The summed E-state index contributed by atoms with van der Waals surface area (Å²) in [6.07, 6.45) is 0.967. The largest absolute Gasteiger partial charge is 0.392 e. The molecule has 35 heavy (non-hydrogen) atoms. The van der Waals surface area contributed by atoms with Crippen LogP contribution in [0.15, 0.2) is 42.5 Å². The van der Waals surface area contributed by atoms with Crippen LogP contribution < -0.4 is 10.0 Å². The molecule has 0 spiro atoms. The number of aliphatic hydroxyl groups excluding tert-OH is 1. The quantitative estimate of drug-likeness (QED) is 0.427. The number of nitrogens with one attached hydrogen (secondary N) is 2. The topological polar surface area (TPSA) is 104 Å². The van der Waals surface area contributed by atoms with Crippen molar-refractivity contribution in [1.29, 1.82) is 0 Å². The highest BCUT2D eigenvalue weighted by Gasteiger charge is 2.39. The average molecular weight is 539 g/mol. The molecule has 188 valence electrons. The van der Waals surface area contributed by atoms with Gasteiger partial charge in [-0.1, -0.05) is 47.5 Å². The minimum atomic E-state index is -3.89. The number of benzene rings is 2. The minimum absolute atomic E-state index is 0.0879. The fraction of sp³-hybridized carbons (Fsp3) is 0.375. The number of carbonyl (C=O) groups excluding carboxylic acids is 1. The van der Waals surface area contributed by atoms with Crippen LogP contribution in [-0.4, -0.2) is 41.4 Å². The standard InChI is InChI=1S/C24H28Cl2N4O4S/c1-16(32)28-35(33,34)30-10-8-24(9-11-30,18-5-3-4-17(12-18)15-31)27-14-19-13-20-22(29(19)2)7-6-21(25)23(20)26/h3-7,12-13,27,31H,8-11,14-15H2,1-2H3,(H,28,32). The van der Waals surface area contributed by atoms with Crippen molar-refractivity contribution in [2.24, 2.45) is 7.05 Å². The summed E-state index contributed by atoms with van der Waals surface area (Å²) in [5, 5.41) is 15.2. The number of aryl methyl sites for hydroxylation is 1. The van der Waals surface area contributed by atoms with Crippen molar-refractivity contribution < 1.29 is 18.3 Å². The summed E-state index contributed by atoms with van der Waals surface area (Å²) >= 11 is 12.6. The number of hydrogen-bond acceptors (Lipinski definition) is 5. The van der Waals surface area contributed by atoms with E-state index in [1.807, 2.05) is 48.2 Å². The van der Waals surface area contributed by atoms with Crippen LogP contribution in [0.1, 0.15) is 36.6 Å². The van der Waals surface area contributed by atoms with E-state index in [-0.39, 0.29) is 19.7 Å². The van der Waals surface area contributed by atoms with Gasteiger partial charge in [0, 0.05) is 55.7 Å². The maximum absolute atomic E-state index is 12.5. The molecular weight excluding hydrogens is 511 g/mol. The SMILES string of the molecule is CC(=O)NS(=O)(=O)N1CCC(NCc2cc3c(Cl)c(Cl)ccc3n2C)(c2cccc(CO)c2)CC1. The summed E-state index contributed by atoms with van der Waals surface area (Å²) in [5.74, 6) is -0.620. The number of aromatic nitrogens is 1. The highest BCUT2D eigenvalue weighted by Crippen LogP contribution is 2.36. The summed E-state index contributed by atoms with van der Waals surface area (Å²) in [5.41, 5.74) is 3.17. The molecule has 0 unspecified atom stereocenters. The molecule has 8 nitrogen and oxygen atoms in total. The summed E-state index contributed by atoms with van der Waals surface area (Å²) in [6.45, 7) is 2.05. The molecule has 0 radical (unpaired) electrons. The number of amides is 1. The number of aliphatic hydroxyl groups is 1. The van der Waals surface area contributed by atoms with Gasteiger partial charge in [0.25, 0.3) is 0 Å². The number of rotatable bonds is 7. The van der Waals surface area contributed by atoms with Gasteiger partial charge in [0.15, 0.2) is 0 Å². The van der Waals surface area contributed by atoms with Crippen molar-refractivity contribution in [1.82, 2.24) is 18.9 Å². The van der Waals surface area contributed by atoms with Crippen LogP contribution in [0.25, 0.3) is 10.9 Å². The van der Waals surface area contributed by atoms with Crippen LogP contribution in [0.3, 0.4) is 0 Å². The molecule has 2 heterocycles. The molecule has 11 heteroatoms. The monoisotopic (exact) mass is 538 g/mol. The molecule has 3 N–H and O–H groups in total. The molecule has 0 aliphatic carbocycles. The van der Waals surface area contributed by atoms with E-state index < -0.39 is 21.7 Å². The first-order valence-corrected chi connectivity index (χ1v) is 13.4. The van der Waals surface area contributed by atoms with Gasteiger partial charge < -0.3 is 15.0 Å². The lowest BCUT2D eigenvalue weighted by molar-refractivity contribution is -0.117. The van der Waals surface area contributed by atoms with Gasteiger partial charge in [0.1, 0.15) is 0 Å². The summed E-state index contributed by atoms with van der Waals surface area (Å²) in [6, 6.07) is 13.4. The molecule has 4 rings (SSSR count). The number of nitrogens with zero attached hydrogens (tertiary/aromatic N) is 2. The number of piperidine rings is 1. The molecule has 1 saturated heterocycles. The molecule has 1 aromatic heterocycles. The van der Waals surface area contributed by atoms with Gasteiger partial charge in [0.2, 0.25) is 5.91 Å². The number of fused-ring (bicyclic) bond motifs is 1. The van der Waals surface area contributed by atoms with Gasteiger partial charge in [-0.15, -0.1) is 0 Å². The normalized spacial score (nSPS) is 16.5. The van der Waals surface area contributed by atoms with E-state index in [0.717, 1.165) is 27.7 Å². The maximum Gasteiger partial charge on any atom is 0.303 e. The second kappa shape index (κ2) is 10.1. The Morgan fingerprint density at radius 2 is 1.86 bits per heavy atom. The molecule has 1 aliphatic heterocycles. The Bertz CT molecular complexity index is 1370. The van der Waals surface area contributed by atoms with E-state index in [1.165, 1.54) is 11.2 Å². The van der Waals surface area contributed by atoms with Crippen LogP contribution in [-0.2, 0) is 40.7 Å².